The van der Waals surface area contributed by atoms with Crippen molar-refractivity contribution in [2.45, 2.75) is 26.3 Å². The summed E-state index contributed by atoms with van der Waals surface area (Å²) in [5, 5.41) is 3.72. The second-order valence-corrected chi connectivity index (χ2v) is 2.41. The van der Waals surface area contributed by atoms with Crippen LogP contribution < -0.4 is 5.73 Å². The average Bonchev–Trinajstić information content (AvgIpc) is 2.34. The van der Waals surface area contributed by atoms with Crippen LogP contribution in [0.2, 0.25) is 0 Å². The molecule has 4 nitrogen and oxygen atoms in total. The summed E-state index contributed by atoms with van der Waals surface area (Å²) in [6.07, 6.45) is 0. The maximum Gasteiger partial charge on any atom is 0.240 e. The normalized spacial score (nSPS) is 9.82. The number of hydrogen-bond acceptors (Lipinski definition) is 4. The minimum Gasteiger partial charge on any atom is -0.338 e. The Morgan fingerprint density at radius 3 is 2.45 bits per heavy atom. The van der Waals surface area contributed by atoms with Crippen LogP contribution in [-0.2, 0) is 6.54 Å². The van der Waals surface area contributed by atoms with E-state index in [1.54, 1.807) is 0 Å². The van der Waals surface area contributed by atoms with E-state index in [4.69, 9.17) is 10.3 Å². The van der Waals surface area contributed by atoms with Gasteiger partial charge in [0.25, 0.3) is 0 Å². The van der Waals surface area contributed by atoms with E-state index < -0.39 is 0 Å². The summed E-state index contributed by atoms with van der Waals surface area (Å²) in [4.78, 5) is 4.03. The van der Waals surface area contributed by atoms with E-state index in [9.17, 15) is 0 Å². The molecule has 0 fully saturated rings. The van der Waals surface area contributed by atoms with Gasteiger partial charge in [-0.2, -0.15) is 4.98 Å². The summed E-state index contributed by atoms with van der Waals surface area (Å²) in [5.41, 5.74) is 5.27. The van der Waals surface area contributed by atoms with Crippen LogP contribution in [0.5, 0.6) is 0 Å². The van der Waals surface area contributed by atoms with Crippen LogP contribution in [0.3, 0.4) is 0 Å². The van der Waals surface area contributed by atoms with E-state index in [-0.39, 0.29) is 12.4 Å². The molecule has 0 saturated carbocycles. The fraction of sp³-hybridized carbons (Fsp3) is 0.667. The monoisotopic (exact) mass is 177 g/mol. The van der Waals surface area contributed by atoms with E-state index in [1.807, 2.05) is 13.8 Å². The zero-order chi connectivity index (χ0) is 7.56. The van der Waals surface area contributed by atoms with Gasteiger partial charge in [0.05, 0.1) is 6.54 Å². The van der Waals surface area contributed by atoms with Gasteiger partial charge >= 0.3 is 0 Å². The molecule has 64 valence electrons. The number of nitrogens with zero attached hydrogens (tertiary/aromatic N) is 2. The molecular weight excluding hydrogens is 166 g/mol. The van der Waals surface area contributed by atoms with E-state index >= 15 is 0 Å². The van der Waals surface area contributed by atoms with Gasteiger partial charge < -0.3 is 10.3 Å². The Morgan fingerprint density at radius 2 is 2.18 bits per heavy atom. The Balaban J connectivity index is 0.000001000. The molecule has 0 spiro atoms. The first-order chi connectivity index (χ1) is 4.74. The molecule has 11 heavy (non-hydrogen) atoms. The molecular formula is C6H12ClN3O. The van der Waals surface area contributed by atoms with Crippen LogP contribution in [-0.4, -0.2) is 10.1 Å². The molecule has 1 aromatic heterocycles. The topological polar surface area (TPSA) is 64.9 Å². The average molecular weight is 178 g/mol. The summed E-state index contributed by atoms with van der Waals surface area (Å²) in [6.45, 7) is 4.33. The van der Waals surface area contributed by atoms with Crippen LogP contribution in [0.25, 0.3) is 0 Å². The van der Waals surface area contributed by atoms with Gasteiger partial charge in [0.2, 0.25) is 5.89 Å². The van der Waals surface area contributed by atoms with Crippen molar-refractivity contribution in [3.05, 3.63) is 11.7 Å². The van der Waals surface area contributed by atoms with Crippen LogP contribution in [0, 0.1) is 0 Å². The van der Waals surface area contributed by atoms with E-state index in [1.165, 1.54) is 0 Å². The minimum atomic E-state index is 0. The molecule has 5 heteroatoms. The fourth-order valence-corrected chi connectivity index (χ4v) is 0.585. The number of nitrogens with two attached hydrogens (primary N) is 1. The Morgan fingerprint density at radius 1 is 1.55 bits per heavy atom. The molecule has 0 aliphatic heterocycles. The third kappa shape index (κ3) is 2.48. The maximum atomic E-state index is 5.27. The van der Waals surface area contributed by atoms with Crippen LogP contribution in [0.15, 0.2) is 4.52 Å². The van der Waals surface area contributed by atoms with E-state index in [0.29, 0.717) is 18.4 Å². The first kappa shape index (κ1) is 10.4. The van der Waals surface area contributed by atoms with E-state index in [2.05, 4.69) is 10.1 Å². The molecule has 0 aliphatic rings. The standard InChI is InChI=1S/C6H11N3O.ClH/c1-4(2)6-8-5(3-7)10-9-6;/h4H,3,7H2,1-2H3;1H. The lowest BCUT2D eigenvalue weighted by molar-refractivity contribution is 0.373. The predicted molar refractivity (Wildman–Crippen MR) is 43.5 cm³/mol. The molecule has 0 amide bonds. The number of rotatable bonds is 2. The molecule has 0 aliphatic carbocycles. The molecule has 1 aromatic rings. The molecule has 2 N–H and O–H groups in total. The molecule has 1 heterocycles. The van der Waals surface area contributed by atoms with Crippen molar-refractivity contribution in [3.63, 3.8) is 0 Å². The first-order valence-corrected chi connectivity index (χ1v) is 3.26. The third-order valence-electron chi connectivity index (χ3n) is 1.17. The molecule has 0 bridgehead atoms. The Kier molecular flexibility index (Phi) is 4.07. The molecule has 0 unspecified atom stereocenters. The summed E-state index contributed by atoms with van der Waals surface area (Å²) in [5.74, 6) is 1.54. The van der Waals surface area contributed by atoms with Gasteiger partial charge in [0, 0.05) is 5.92 Å². The first-order valence-electron chi connectivity index (χ1n) is 3.26. The van der Waals surface area contributed by atoms with Crippen molar-refractivity contribution >= 4 is 12.4 Å². The summed E-state index contributed by atoms with van der Waals surface area (Å²) < 4.78 is 4.79. The highest BCUT2D eigenvalue weighted by Crippen LogP contribution is 2.08. The number of aromatic nitrogens is 2. The lowest BCUT2D eigenvalue weighted by atomic mass is 10.2. The number of hydrogen-bond donors (Lipinski definition) is 1. The van der Waals surface area contributed by atoms with Crippen molar-refractivity contribution in [1.82, 2.24) is 10.1 Å². The quantitative estimate of drug-likeness (QED) is 0.734. The molecule has 0 saturated heterocycles. The molecule has 0 radical (unpaired) electrons. The van der Waals surface area contributed by atoms with Gasteiger partial charge in [-0.3, -0.25) is 0 Å². The minimum absolute atomic E-state index is 0. The Bertz CT molecular complexity index is 211. The SMILES string of the molecule is CC(C)c1noc(CN)n1.Cl. The van der Waals surface area contributed by atoms with Crippen molar-refractivity contribution in [1.29, 1.82) is 0 Å². The van der Waals surface area contributed by atoms with Gasteiger partial charge in [0.1, 0.15) is 0 Å². The summed E-state index contributed by atoms with van der Waals surface area (Å²) in [7, 11) is 0. The van der Waals surface area contributed by atoms with Crippen LogP contribution in [0.1, 0.15) is 31.5 Å². The van der Waals surface area contributed by atoms with E-state index in [0.717, 1.165) is 5.82 Å². The highest BCUT2D eigenvalue weighted by Gasteiger charge is 2.06. The summed E-state index contributed by atoms with van der Waals surface area (Å²) >= 11 is 0. The summed E-state index contributed by atoms with van der Waals surface area (Å²) in [6, 6.07) is 0. The van der Waals surface area contributed by atoms with Gasteiger partial charge in [-0.15, -0.1) is 12.4 Å². The molecule has 0 aromatic carbocycles. The van der Waals surface area contributed by atoms with Crippen LogP contribution >= 0.6 is 12.4 Å². The fourth-order valence-electron chi connectivity index (χ4n) is 0.585. The Labute approximate surface area is 71.6 Å². The third-order valence-corrected chi connectivity index (χ3v) is 1.17. The zero-order valence-electron chi connectivity index (χ0n) is 6.57. The van der Waals surface area contributed by atoms with Crippen molar-refractivity contribution in [3.8, 4) is 0 Å². The van der Waals surface area contributed by atoms with Crippen molar-refractivity contribution < 1.29 is 4.52 Å². The zero-order valence-corrected chi connectivity index (χ0v) is 7.39. The predicted octanol–water partition coefficient (Wildman–Crippen LogP) is 1.07. The molecule has 1 rings (SSSR count). The lowest BCUT2D eigenvalue weighted by Crippen LogP contribution is -1.97. The molecule has 0 atom stereocenters. The smallest absolute Gasteiger partial charge is 0.240 e. The van der Waals surface area contributed by atoms with Gasteiger partial charge in [-0.25, -0.2) is 0 Å². The van der Waals surface area contributed by atoms with Crippen molar-refractivity contribution in [2.75, 3.05) is 0 Å². The van der Waals surface area contributed by atoms with Crippen molar-refractivity contribution in [2.24, 2.45) is 5.73 Å². The van der Waals surface area contributed by atoms with Crippen LogP contribution in [0.4, 0.5) is 0 Å². The second kappa shape index (κ2) is 4.31. The maximum absolute atomic E-state index is 5.27. The number of halogens is 1. The highest BCUT2D eigenvalue weighted by atomic mass is 35.5. The van der Waals surface area contributed by atoms with Gasteiger partial charge in [-0.1, -0.05) is 19.0 Å². The Hall–Kier alpha value is -0.610. The van der Waals surface area contributed by atoms with Gasteiger partial charge in [-0.05, 0) is 0 Å². The highest BCUT2D eigenvalue weighted by molar-refractivity contribution is 5.85. The largest absolute Gasteiger partial charge is 0.338 e. The van der Waals surface area contributed by atoms with Gasteiger partial charge in [0.15, 0.2) is 5.82 Å². The lowest BCUT2D eigenvalue weighted by Gasteiger charge is -1.91. The second-order valence-electron chi connectivity index (χ2n) is 2.41.